The molecule has 5 nitrogen and oxygen atoms in total. The van der Waals surface area contributed by atoms with E-state index in [1.165, 1.54) is 0 Å². The molecule has 0 bridgehead atoms. The third-order valence-electron chi connectivity index (χ3n) is 2.77. The molecule has 0 aliphatic carbocycles. The van der Waals surface area contributed by atoms with E-state index in [1.807, 2.05) is 0 Å². The molecule has 0 aromatic rings. The van der Waals surface area contributed by atoms with Gasteiger partial charge < -0.3 is 19.3 Å². The van der Waals surface area contributed by atoms with Crippen LogP contribution in [-0.4, -0.2) is 42.8 Å². The smallest absolute Gasteiger partial charge is 0.303 e. The summed E-state index contributed by atoms with van der Waals surface area (Å²) in [6, 6.07) is 0. The second kappa shape index (κ2) is 4.92. The second-order valence-electron chi connectivity index (χ2n) is 3.92. The number of rotatable bonds is 4. The van der Waals surface area contributed by atoms with Gasteiger partial charge in [0.2, 0.25) is 0 Å². The van der Waals surface area contributed by atoms with Gasteiger partial charge in [-0.05, 0) is 19.3 Å². The Morgan fingerprint density at radius 2 is 2.00 bits per heavy atom. The molecule has 0 aromatic carbocycles. The lowest BCUT2D eigenvalue weighted by atomic mass is 10.1. The Hall–Kier alpha value is -0.650. The van der Waals surface area contributed by atoms with Crippen molar-refractivity contribution in [1.82, 2.24) is 0 Å². The van der Waals surface area contributed by atoms with Crippen LogP contribution in [0.4, 0.5) is 0 Å². The monoisotopic (exact) mass is 216 g/mol. The van der Waals surface area contributed by atoms with Gasteiger partial charge >= 0.3 is 5.97 Å². The number of carboxylic acid groups (broad SMARTS) is 1. The predicted molar refractivity (Wildman–Crippen MR) is 50.5 cm³/mol. The van der Waals surface area contributed by atoms with Crippen molar-refractivity contribution >= 4 is 5.97 Å². The zero-order valence-corrected chi connectivity index (χ0v) is 8.55. The third-order valence-corrected chi connectivity index (χ3v) is 2.77. The van der Waals surface area contributed by atoms with Gasteiger partial charge in [-0.15, -0.1) is 0 Å². The van der Waals surface area contributed by atoms with Gasteiger partial charge in [-0.3, -0.25) is 4.79 Å². The van der Waals surface area contributed by atoms with Crippen LogP contribution in [0.5, 0.6) is 0 Å². The summed E-state index contributed by atoms with van der Waals surface area (Å²) in [5.41, 5.74) is 0. The van der Waals surface area contributed by atoms with E-state index in [9.17, 15) is 4.79 Å². The summed E-state index contributed by atoms with van der Waals surface area (Å²) in [7, 11) is 0. The van der Waals surface area contributed by atoms with E-state index in [2.05, 4.69) is 0 Å². The zero-order chi connectivity index (χ0) is 10.7. The number of hydrogen-bond acceptors (Lipinski definition) is 4. The Morgan fingerprint density at radius 3 is 2.67 bits per heavy atom. The highest BCUT2D eigenvalue weighted by Gasteiger charge is 2.34. The Morgan fingerprint density at radius 1 is 1.27 bits per heavy atom. The van der Waals surface area contributed by atoms with Gasteiger partial charge in [0.15, 0.2) is 6.29 Å². The molecule has 15 heavy (non-hydrogen) atoms. The van der Waals surface area contributed by atoms with Gasteiger partial charge in [0.05, 0.1) is 19.3 Å². The van der Waals surface area contributed by atoms with Crippen LogP contribution in [0.15, 0.2) is 0 Å². The van der Waals surface area contributed by atoms with Crippen molar-refractivity contribution in [3.8, 4) is 0 Å². The fourth-order valence-electron chi connectivity index (χ4n) is 2.02. The normalized spacial score (nSPS) is 32.3. The molecule has 5 heteroatoms. The molecule has 0 unspecified atom stereocenters. The van der Waals surface area contributed by atoms with Crippen molar-refractivity contribution in [3.05, 3.63) is 0 Å². The van der Waals surface area contributed by atoms with Crippen molar-refractivity contribution in [2.24, 2.45) is 0 Å². The fourth-order valence-corrected chi connectivity index (χ4v) is 2.02. The number of carboxylic acids is 1. The largest absolute Gasteiger partial charge is 0.481 e. The van der Waals surface area contributed by atoms with E-state index in [4.69, 9.17) is 19.3 Å². The first-order chi connectivity index (χ1) is 7.25. The molecule has 2 rings (SSSR count). The topological polar surface area (TPSA) is 65.0 Å². The van der Waals surface area contributed by atoms with Gasteiger partial charge in [-0.1, -0.05) is 0 Å². The molecule has 0 radical (unpaired) electrons. The van der Waals surface area contributed by atoms with E-state index in [1.54, 1.807) is 0 Å². The third kappa shape index (κ3) is 2.90. The Bertz CT molecular complexity index is 224. The van der Waals surface area contributed by atoms with Crippen LogP contribution < -0.4 is 0 Å². The summed E-state index contributed by atoms with van der Waals surface area (Å²) in [5, 5.41) is 8.55. The SMILES string of the molecule is O=C(O)CC[C@@H]1CC[C@@H](C2OCCO2)O1. The van der Waals surface area contributed by atoms with Crippen LogP contribution in [0.25, 0.3) is 0 Å². The average Bonchev–Trinajstić information content (AvgIpc) is 2.85. The number of aliphatic carboxylic acids is 1. The number of hydrogen-bond donors (Lipinski definition) is 1. The average molecular weight is 216 g/mol. The molecular weight excluding hydrogens is 200 g/mol. The summed E-state index contributed by atoms with van der Waals surface area (Å²) in [5.74, 6) is -0.768. The van der Waals surface area contributed by atoms with E-state index in [-0.39, 0.29) is 24.9 Å². The standard InChI is InChI=1S/C10H16O5/c11-9(12)4-2-7-1-3-8(15-7)10-13-5-6-14-10/h7-8,10H,1-6H2,(H,11,12)/t7-,8-/m0/s1. The van der Waals surface area contributed by atoms with Gasteiger partial charge in [-0.2, -0.15) is 0 Å². The van der Waals surface area contributed by atoms with Crippen LogP contribution in [0.2, 0.25) is 0 Å². The minimum atomic E-state index is -0.768. The fraction of sp³-hybridized carbons (Fsp3) is 0.900. The zero-order valence-electron chi connectivity index (χ0n) is 8.55. The Kier molecular flexibility index (Phi) is 3.56. The minimum absolute atomic E-state index is 0.00806. The highest BCUT2D eigenvalue weighted by atomic mass is 16.7. The molecule has 2 aliphatic rings. The molecule has 0 aromatic heterocycles. The first kappa shape index (κ1) is 10.9. The molecule has 2 fully saturated rings. The summed E-state index contributed by atoms with van der Waals surface area (Å²) >= 11 is 0. The molecule has 0 spiro atoms. The number of carbonyl (C=O) groups is 1. The quantitative estimate of drug-likeness (QED) is 0.752. The molecular formula is C10H16O5. The lowest BCUT2D eigenvalue weighted by Gasteiger charge is -2.17. The van der Waals surface area contributed by atoms with Crippen molar-refractivity contribution in [2.75, 3.05) is 13.2 Å². The maximum Gasteiger partial charge on any atom is 0.303 e. The van der Waals surface area contributed by atoms with E-state index >= 15 is 0 Å². The van der Waals surface area contributed by atoms with E-state index in [0.29, 0.717) is 19.6 Å². The maximum absolute atomic E-state index is 10.4. The molecule has 0 amide bonds. The van der Waals surface area contributed by atoms with Gasteiger partial charge in [0.25, 0.3) is 0 Å². The lowest BCUT2D eigenvalue weighted by molar-refractivity contribution is -0.143. The van der Waals surface area contributed by atoms with Crippen LogP contribution in [-0.2, 0) is 19.0 Å². The van der Waals surface area contributed by atoms with Gasteiger partial charge in [0, 0.05) is 6.42 Å². The van der Waals surface area contributed by atoms with Crippen molar-refractivity contribution in [2.45, 2.75) is 44.2 Å². The van der Waals surface area contributed by atoms with E-state index < -0.39 is 5.97 Å². The van der Waals surface area contributed by atoms with Crippen LogP contribution in [0.3, 0.4) is 0 Å². The molecule has 0 saturated carbocycles. The highest BCUT2D eigenvalue weighted by Crippen LogP contribution is 2.28. The Balaban J connectivity index is 1.71. The molecule has 2 saturated heterocycles. The second-order valence-corrected chi connectivity index (χ2v) is 3.92. The highest BCUT2D eigenvalue weighted by molar-refractivity contribution is 5.66. The van der Waals surface area contributed by atoms with E-state index in [0.717, 1.165) is 12.8 Å². The summed E-state index contributed by atoms with van der Waals surface area (Å²) in [6.07, 6.45) is 2.36. The van der Waals surface area contributed by atoms with Gasteiger partial charge in [0.1, 0.15) is 6.10 Å². The number of ether oxygens (including phenoxy) is 3. The predicted octanol–water partition coefficient (Wildman–Crippen LogP) is 0.772. The molecule has 2 atom stereocenters. The lowest BCUT2D eigenvalue weighted by Crippen LogP contribution is -2.27. The first-order valence-corrected chi connectivity index (χ1v) is 5.36. The van der Waals surface area contributed by atoms with Crippen LogP contribution in [0, 0.1) is 0 Å². The minimum Gasteiger partial charge on any atom is -0.481 e. The molecule has 2 aliphatic heterocycles. The summed E-state index contributed by atoms with van der Waals surface area (Å²) < 4.78 is 16.4. The van der Waals surface area contributed by atoms with Gasteiger partial charge in [-0.25, -0.2) is 0 Å². The van der Waals surface area contributed by atoms with Crippen LogP contribution >= 0.6 is 0 Å². The summed E-state index contributed by atoms with van der Waals surface area (Å²) in [4.78, 5) is 10.4. The van der Waals surface area contributed by atoms with Crippen LogP contribution in [0.1, 0.15) is 25.7 Å². The first-order valence-electron chi connectivity index (χ1n) is 5.36. The van der Waals surface area contributed by atoms with Crippen molar-refractivity contribution in [1.29, 1.82) is 0 Å². The molecule has 1 N–H and O–H groups in total. The van der Waals surface area contributed by atoms with Crippen molar-refractivity contribution < 1.29 is 24.1 Å². The molecule has 86 valence electrons. The van der Waals surface area contributed by atoms with Crippen molar-refractivity contribution in [3.63, 3.8) is 0 Å². The summed E-state index contributed by atoms with van der Waals surface area (Å²) in [6.45, 7) is 1.26. The Labute approximate surface area is 88.3 Å². The molecule has 2 heterocycles. The maximum atomic E-state index is 10.4.